The van der Waals surface area contributed by atoms with Gasteiger partial charge in [0.25, 0.3) is 0 Å². The van der Waals surface area contributed by atoms with E-state index < -0.39 is 9.84 Å². The molecular formula is C23H31N5O3S2. The van der Waals surface area contributed by atoms with Gasteiger partial charge < -0.3 is 9.88 Å². The number of nitrogens with one attached hydrogen (secondary N) is 1. The van der Waals surface area contributed by atoms with Crippen LogP contribution < -0.4 is 5.32 Å². The van der Waals surface area contributed by atoms with Gasteiger partial charge in [0.2, 0.25) is 5.91 Å². The summed E-state index contributed by atoms with van der Waals surface area (Å²) in [4.78, 5) is 17.5. The Morgan fingerprint density at radius 3 is 2.82 bits per heavy atom. The van der Waals surface area contributed by atoms with Gasteiger partial charge in [-0.1, -0.05) is 50.1 Å². The van der Waals surface area contributed by atoms with Gasteiger partial charge in [-0.25, -0.2) is 18.1 Å². The molecule has 1 aromatic carbocycles. The number of amides is 1. The van der Waals surface area contributed by atoms with Crippen molar-refractivity contribution in [2.24, 2.45) is 0 Å². The topological polar surface area (TPSA) is 98.9 Å². The number of thioether (sulfide) groups is 1. The number of benzene rings is 1. The first-order chi connectivity index (χ1) is 15.9. The molecule has 1 amide bonds. The third-order valence-corrected chi connectivity index (χ3v) is 8.59. The number of sulfone groups is 1. The Morgan fingerprint density at radius 2 is 2.06 bits per heavy atom. The minimum absolute atomic E-state index is 0.0633. The van der Waals surface area contributed by atoms with Gasteiger partial charge in [0.15, 0.2) is 15.0 Å². The molecule has 0 radical (unpaired) electrons. The molecule has 33 heavy (non-hydrogen) atoms. The maximum absolute atomic E-state index is 12.8. The Labute approximate surface area is 199 Å². The maximum Gasteiger partial charge on any atom is 0.235 e. The molecule has 1 atom stereocenters. The summed E-state index contributed by atoms with van der Waals surface area (Å²) in [7, 11) is -3.04. The van der Waals surface area contributed by atoms with Crippen LogP contribution in [0.4, 0.5) is 5.82 Å². The maximum atomic E-state index is 12.8. The molecule has 178 valence electrons. The van der Waals surface area contributed by atoms with Crippen LogP contribution in [0.3, 0.4) is 0 Å². The van der Waals surface area contributed by atoms with Gasteiger partial charge in [-0.15, -0.1) is 0 Å². The number of aryl methyl sites for hydroxylation is 2. The standard InChI is InChI=1S/C23H31N5O3S2/c1-3-4-5-8-12-27-20-10-7-6-9-19(20)24-23(27)32-15-22(29)25-21-14-17(2)26-28(21)18-11-13-33(30,31)16-18/h6-7,9-10,14,18H,3-5,8,11-13,15-16H2,1-2H3,(H,25,29). The highest BCUT2D eigenvalue weighted by molar-refractivity contribution is 7.99. The average Bonchev–Trinajstić information content (AvgIpc) is 3.44. The summed E-state index contributed by atoms with van der Waals surface area (Å²) < 4.78 is 27.6. The molecule has 1 unspecified atom stereocenters. The highest BCUT2D eigenvalue weighted by Gasteiger charge is 2.31. The lowest BCUT2D eigenvalue weighted by Gasteiger charge is -2.14. The summed E-state index contributed by atoms with van der Waals surface area (Å²) in [5, 5.41) is 8.21. The molecule has 0 bridgehead atoms. The summed E-state index contributed by atoms with van der Waals surface area (Å²) in [6.45, 7) is 4.92. The van der Waals surface area contributed by atoms with Crippen molar-refractivity contribution in [1.29, 1.82) is 0 Å². The number of fused-ring (bicyclic) bond motifs is 1. The highest BCUT2D eigenvalue weighted by atomic mass is 32.2. The molecule has 1 saturated heterocycles. The quantitative estimate of drug-likeness (QED) is 0.338. The van der Waals surface area contributed by atoms with Crippen LogP contribution >= 0.6 is 11.8 Å². The van der Waals surface area contributed by atoms with E-state index in [1.54, 1.807) is 10.7 Å². The molecule has 2 aromatic heterocycles. The van der Waals surface area contributed by atoms with E-state index in [0.717, 1.165) is 34.8 Å². The van der Waals surface area contributed by atoms with E-state index in [4.69, 9.17) is 4.98 Å². The SMILES string of the molecule is CCCCCCn1c(SCC(=O)Nc2cc(C)nn2C2CCS(=O)(=O)C2)nc2ccccc21. The lowest BCUT2D eigenvalue weighted by atomic mass is 10.2. The molecule has 1 N–H and O–H groups in total. The Bertz CT molecular complexity index is 1230. The zero-order valence-electron chi connectivity index (χ0n) is 19.2. The smallest absolute Gasteiger partial charge is 0.235 e. The van der Waals surface area contributed by atoms with Crippen molar-refractivity contribution in [1.82, 2.24) is 19.3 Å². The highest BCUT2D eigenvalue weighted by Crippen LogP contribution is 2.28. The van der Waals surface area contributed by atoms with Gasteiger partial charge in [-0.05, 0) is 31.9 Å². The second-order valence-electron chi connectivity index (χ2n) is 8.60. The molecule has 0 aliphatic carbocycles. The third-order valence-electron chi connectivity index (χ3n) is 5.87. The number of unbranched alkanes of at least 4 members (excludes halogenated alkanes) is 3. The number of hydrogen-bond donors (Lipinski definition) is 1. The average molecular weight is 490 g/mol. The lowest BCUT2D eigenvalue weighted by molar-refractivity contribution is -0.113. The van der Waals surface area contributed by atoms with Crippen molar-refractivity contribution in [3.05, 3.63) is 36.0 Å². The summed E-state index contributed by atoms with van der Waals surface area (Å²) in [6.07, 6.45) is 5.18. The zero-order valence-corrected chi connectivity index (χ0v) is 20.8. The van der Waals surface area contributed by atoms with Crippen LogP contribution in [0.1, 0.15) is 50.8 Å². The summed E-state index contributed by atoms with van der Waals surface area (Å²) in [5.41, 5.74) is 2.77. The first kappa shape index (κ1) is 23.8. The van der Waals surface area contributed by atoms with Crippen molar-refractivity contribution in [3.8, 4) is 0 Å². The number of carbonyl (C=O) groups excluding carboxylic acids is 1. The molecule has 0 spiro atoms. The second kappa shape index (κ2) is 10.3. The Hall–Kier alpha value is -2.33. The third kappa shape index (κ3) is 5.78. The van der Waals surface area contributed by atoms with Crippen LogP contribution in [-0.2, 0) is 21.2 Å². The molecule has 1 aliphatic heterocycles. The van der Waals surface area contributed by atoms with Crippen LogP contribution in [-0.4, -0.2) is 50.9 Å². The van der Waals surface area contributed by atoms with E-state index in [-0.39, 0.29) is 29.2 Å². The largest absolute Gasteiger partial charge is 0.319 e. The first-order valence-corrected chi connectivity index (χ1v) is 14.3. The van der Waals surface area contributed by atoms with Crippen molar-refractivity contribution in [2.75, 3.05) is 22.6 Å². The predicted molar refractivity (Wildman–Crippen MR) is 133 cm³/mol. The monoisotopic (exact) mass is 489 g/mol. The number of carbonyl (C=O) groups is 1. The fourth-order valence-electron chi connectivity index (χ4n) is 4.24. The van der Waals surface area contributed by atoms with Crippen molar-refractivity contribution in [2.45, 2.75) is 63.7 Å². The Kier molecular flexibility index (Phi) is 7.43. The minimum atomic E-state index is -3.04. The van der Waals surface area contributed by atoms with Crippen LogP contribution in [0, 0.1) is 6.92 Å². The van der Waals surface area contributed by atoms with Gasteiger partial charge in [-0.2, -0.15) is 5.10 Å². The number of para-hydroxylation sites is 2. The van der Waals surface area contributed by atoms with E-state index in [9.17, 15) is 13.2 Å². The molecule has 3 heterocycles. The first-order valence-electron chi connectivity index (χ1n) is 11.5. The van der Waals surface area contributed by atoms with Gasteiger partial charge in [-0.3, -0.25) is 4.79 Å². The van der Waals surface area contributed by atoms with Gasteiger partial charge in [0.1, 0.15) is 5.82 Å². The second-order valence-corrected chi connectivity index (χ2v) is 11.8. The molecule has 8 nitrogen and oxygen atoms in total. The molecule has 4 rings (SSSR count). The van der Waals surface area contributed by atoms with Crippen molar-refractivity contribution >= 4 is 44.4 Å². The fraction of sp³-hybridized carbons (Fsp3) is 0.522. The fourth-order valence-corrected chi connectivity index (χ4v) is 6.77. The molecule has 1 aliphatic rings. The van der Waals surface area contributed by atoms with Crippen LogP contribution in [0.2, 0.25) is 0 Å². The Balaban J connectivity index is 1.43. The van der Waals surface area contributed by atoms with Crippen LogP contribution in [0.25, 0.3) is 11.0 Å². The number of aromatic nitrogens is 4. The Morgan fingerprint density at radius 1 is 1.24 bits per heavy atom. The van der Waals surface area contributed by atoms with E-state index in [2.05, 4.69) is 28.0 Å². The summed E-state index contributed by atoms with van der Waals surface area (Å²) >= 11 is 1.42. The lowest BCUT2D eigenvalue weighted by Crippen LogP contribution is -2.20. The van der Waals surface area contributed by atoms with Crippen molar-refractivity contribution < 1.29 is 13.2 Å². The zero-order chi connectivity index (χ0) is 23.4. The molecular weight excluding hydrogens is 458 g/mol. The van der Waals surface area contributed by atoms with Crippen LogP contribution in [0.15, 0.2) is 35.5 Å². The summed E-state index contributed by atoms with van der Waals surface area (Å²) in [6, 6.07) is 9.61. The number of imidazole rings is 1. The number of hydrogen-bond acceptors (Lipinski definition) is 6. The number of nitrogens with zero attached hydrogens (tertiary/aromatic N) is 4. The van der Waals surface area contributed by atoms with E-state index in [1.807, 2.05) is 25.1 Å². The minimum Gasteiger partial charge on any atom is -0.319 e. The van der Waals surface area contributed by atoms with Gasteiger partial charge in [0.05, 0.1) is 40.0 Å². The van der Waals surface area contributed by atoms with Gasteiger partial charge in [0, 0.05) is 12.6 Å². The number of anilines is 1. The molecule has 1 fully saturated rings. The normalized spacial score (nSPS) is 17.6. The number of rotatable bonds is 10. The summed E-state index contributed by atoms with van der Waals surface area (Å²) in [5.74, 6) is 0.827. The van der Waals surface area contributed by atoms with E-state index >= 15 is 0 Å². The molecule has 10 heteroatoms. The van der Waals surface area contributed by atoms with E-state index in [0.29, 0.717) is 12.2 Å². The van der Waals surface area contributed by atoms with E-state index in [1.165, 1.54) is 31.0 Å². The molecule has 0 saturated carbocycles. The van der Waals surface area contributed by atoms with Crippen LogP contribution in [0.5, 0.6) is 0 Å². The molecule has 3 aromatic rings. The van der Waals surface area contributed by atoms with Gasteiger partial charge >= 0.3 is 0 Å². The van der Waals surface area contributed by atoms with Crippen molar-refractivity contribution in [3.63, 3.8) is 0 Å². The predicted octanol–water partition coefficient (Wildman–Crippen LogP) is 4.21.